The Morgan fingerprint density at radius 2 is 1.78 bits per heavy atom. The fraction of sp³-hybridized carbons (Fsp3) is 0.500. The molecule has 5 atom stereocenters. The normalized spacial score (nSPS) is 19.5. The summed E-state index contributed by atoms with van der Waals surface area (Å²) in [6.07, 6.45) is 6.79. The summed E-state index contributed by atoms with van der Waals surface area (Å²) in [7, 11) is 0. The topological polar surface area (TPSA) is 234 Å². The van der Waals surface area contributed by atoms with Gasteiger partial charge in [0.05, 0.1) is 58.6 Å². The Bertz CT molecular complexity index is 2800. The van der Waals surface area contributed by atoms with E-state index in [1.54, 1.807) is 58.3 Å². The summed E-state index contributed by atoms with van der Waals surface area (Å²) in [4.78, 5) is 82.0. The van der Waals surface area contributed by atoms with E-state index in [0.717, 1.165) is 30.7 Å². The third-order valence-electron chi connectivity index (χ3n) is 14.3. The SMILES string of the molecule is CCO/C=C/CC[C@H](C[C@H](O)[C@H](C)[C@@H](O)[C@@H](C)/C=C/C=C(/C)C(=O)NC1=C2NC3(CCN(CC(C)C)CC3)N=C2c2c(c(O)c(C)c3c2C(=O)CO3)C1=O)OC(=O)CC(=O)N1CCn2c1nc1ccccc12. The molecule has 3 aromatic rings. The van der Waals surface area contributed by atoms with Gasteiger partial charge < -0.3 is 49.6 Å². The zero-order chi connectivity index (χ0) is 51.6. The van der Waals surface area contributed by atoms with E-state index in [4.69, 9.17) is 19.2 Å². The maximum absolute atomic E-state index is 14.5. The number of aliphatic imine (C=N–C) groups is 1. The molecule has 5 aliphatic rings. The van der Waals surface area contributed by atoms with Crippen molar-refractivity contribution in [1.29, 1.82) is 0 Å². The quantitative estimate of drug-likeness (QED) is 0.0326. The van der Waals surface area contributed by atoms with Crippen molar-refractivity contribution in [3.8, 4) is 11.5 Å². The first-order chi connectivity index (χ1) is 34.4. The van der Waals surface area contributed by atoms with E-state index in [1.165, 1.54) is 4.90 Å². The molecule has 2 aromatic carbocycles. The predicted octanol–water partition coefficient (Wildman–Crippen LogP) is 5.56. The van der Waals surface area contributed by atoms with Gasteiger partial charge in [0.25, 0.3) is 5.91 Å². The summed E-state index contributed by atoms with van der Waals surface area (Å²) in [6.45, 7) is 16.4. The Morgan fingerprint density at radius 1 is 1.03 bits per heavy atom. The number of carbonyl (C=O) groups excluding carboxylic acids is 5. The summed E-state index contributed by atoms with van der Waals surface area (Å²) in [5.41, 5.74) is 2.15. The number of phenols is 1. The number of aliphatic hydroxyl groups excluding tert-OH is 2. The smallest absolute Gasteiger partial charge is 0.315 e. The molecular weight excluding hydrogens is 923 g/mol. The highest BCUT2D eigenvalue weighted by atomic mass is 16.5. The zero-order valence-electron chi connectivity index (χ0n) is 42.2. The molecule has 0 saturated carbocycles. The number of nitrogens with one attached hydrogen (secondary N) is 2. The molecule has 0 unspecified atom stereocenters. The number of aromatic hydroxyl groups is 1. The number of aliphatic hydroxyl groups is 2. The second-order valence-electron chi connectivity index (χ2n) is 20.0. The number of nitrogens with zero attached hydrogens (tertiary/aromatic N) is 5. The number of ketones is 2. The van der Waals surface area contributed by atoms with Gasteiger partial charge in [-0.15, -0.1) is 0 Å². The number of hydrogen-bond acceptors (Lipinski definition) is 15. The summed E-state index contributed by atoms with van der Waals surface area (Å²) in [5, 5.41) is 40.6. The molecular formula is C54H67N7O11. The molecule has 1 fully saturated rings. The molecule has 8 rings (SSSR count). The summed E-state index contributed by atoms with van der Waals surface area (Å²) in [6, 6.07) is 7.59. The Morgan fingerprint density at radius 3 is 2.51 bits per heavy atom. The lowest BCUT2D eigenvalue weighted by atomic mass is 9.83. The van der Waals surface area contributed by atoms with E-state index in [9.17, 15) is 39.3 Å². The molecule has 0 radical (unpaired) electrons. The number of piperidine rings is 1. The number of anilines is 1. The molecule has 2 amide bonds. The molecule has 1 saturated heterocycles. The minimum absolute atomic E-state index is 0.000323. The number of likely N-dealkylation sites (tertiary alicyclic amines) is 1. The number of aromatic nitrogens is 2. The van der Waals surface area contributed by atoms with Gasteiger partial charge in [0.2, 0.25) is 23.4 Å². The number of para-hydroxylation sites is 2. The number of amides is 2. The number of esters is 1. The molecule has 18 heteroatoms. The maximum atomic E-state index is 14.5. The maximum Gasteiger partial charge on any atom is 0.315 e. The van der Waals surface area contributed by atoms with Gasteiger partial charge in [0.1, 0.15) is 35.4 Å². The number of Topliss-reactive ketones (excluding diaryl/α,β-unsaturated/α-hetero) is 2. The first-order valence-corrected chi connectivity index (χ1v) is 25.1. The fourth-order valence-electron chi connectivity index (χ4n) is 10.3. The Kier molecular flexibility index (Phi) is 15.5. The first-order valence-electron chi connectivity index (χ1n) is 25.1. The van der Waals surface area contributed by atoms with Gasteiger partial charge in [-0.25, -0.2) is 4.98 Å². The lowest BCUT2D eigenvalue weighted by Crippen LogP contribution is -2.50. The summed E-state index contributed by atoms with van der Waals surface area (Å²) in [5.74, 6) is -3.12. The van der Waals surface area contributed by atoms with Gasteiger partial charge in [-0.2, -0.15) is 0 Å². The minimum Gasteiger partial charge on any atom is -0.507 e. The number of benzene rings is 2. The van der Waals surface area contributed by atoms with Crippen LogP contribution >= 0.6 is 0 Å². The van der Waals surface area contributed by atoms with E-state index in [1.807, 2.05) is 35.8 Å². The van der Waals surface area contributed by atoms with Gasteiger partial charge in [0.15, 0.2) is 6.61 Å². The van der Waals surface area contributed by atoms with Crippen LogP contribution in [0.5, 0.6) is 11.5 Å². The molecule has 1 aromatic heterocycles. The number of hydrogen-bond donors (Lipinski definition) is 5. The van der Waals surface area contributed by atoms with Crippen molar-refractivity contribution >= 4 is 52.0 Å². The van der Waals surface area contributed by atoms with E-state index in [-0.39, 0.29) is 69.5 Å². The Hall–Kier alpha value is -6.63. The van der Waals surface area contributed by atoms with Gasteiger partial charge in [0, 0.05) is 80.5 Å². The van der Waals surface area contributed by atoms with Crippen LogP contribution in [0.4, 0.5) is 5.95 Å². The van der Waals surface area contributed by atoms with Crippen LogP contribution in [0.2, 0.25) is 0 Å². The largest absolute Gasteiger partial charge is 0.507 e. The van der Waals surface area contributed by atoms with E-state index >= 15 is 0 Å². The Balaban J connectivity index is 0.918. The monoisotopic (exact) mass is 989 g/mol. The molecule has 5 N–H and O–H groups in total. The van der Waals surface area contributed by atoms with Crippen molar-refractivity contribution in [1.82, 2.24) is 25.1 Å². The second kappa shape index (κ2) is 21.6. The summed E-state index contributed by atoms with van der Waals surface area (Å²) < 4.78 is 18.8. The molecule has 384 valence electrons. The molecule has 72 heavy (non-hydrogen) atoms. The van der Waals surface area contributed by atoms with Crippen molar-refractivity contribution in [2.24, 2.45) is 22.7 Å². The number of fused-ring (bicyclic) bond motifs is 8. The highest BCUT2D eigenvalue weighted by molar-refractivity contribution is 6.34. The average Bonchev–Trinajstić information content (AvgIpc) is 4.13. The lowest BCUT2D eigenvalue weighted by molar-refractivity contribution is -0.153. The number of rotatable bonds is 19. The van der Waals surface area contributed by atoms with Crippen molar-refractivity contribution < 1.29 is 53.5 Å². The number of imidazole rings is 1. The van der Waals surface area contributed by atoms with E-state index in [0.29, 0.717) is 63.0 Å². The molecule has 1 spiro atoms. The van der Waals surface area contributed by atoms with Crippen LogP contribution in [0, 0.1) is 24.7 Å². The van der Waals surface area contributed by atoms with Crippen LogP contribution in [0.25, 0.3) is 11.0 Å². The van der Waals surface area contributed by atoms with Gasteiger partial charge >= 0.3 is 5.97 Å². The second-order valence-corrected chi connectivity index (χ2v) is 20.0. The predicted molar refractivity (Wildman–Crippen MR) is 270 cm³/mol. The zero-order valence-corrected chi connectivity index (χ0v) is 42.2. The summed E-state index contributed by atoms with van der Waals surface area (Å²) >= 11 is 0. The van der Waals surface area contributed by atoms with Gasteiger partial charge in [-0.1, -0.05) is 58.1 Å². The minimum atomic E-state index is -1.10. The molecule has 0 bridgehead atoms. The molecule has 1 aliphatic carbocycles. The van der Waals surface area contributed by atoms with Crippen LogP contribution in [-0.4, -0.2) is 128 Å². The van der Waals surface area contributed by atoms with Crippen molar-refractivity contribution in [3.05, 3.63) is 94.1 Å². The van der Waals surface area contributed by atoms with Gasteiger partial charge in [-0.3, -0.25) is 33.9 Å². The molecule has 5 heterocycles. The van der Waals surface area contributed by atoms with Crippen LogP contribution < -0.4 is 20.3 Å². The fourth-order valence-corrected chi connectivity index (χ4v) is 10.3. The number of ether oxygens (including phenoxy) is 3. The van der Waals surface area contributed by atoms with Gasteiger partial charge in [-0.05, 0) is 57.7 Å². The third kappa shape index (κ3) is 10.5. The first kappa shape index (κ1) is 51.7. The van der Waals surface area contributed by atoms with Crippen LogP contribution in [0.3, 0.4) is 0 Å². The van der Waals surface area contributed by atoms with Crippen molar-refractivity contribution in [2.45, 2.75) is 118 Å². The van der Waals surface area contributed by atoms with Crippen LogP contribution in [0.1, 0.15) is 112 Å². The standard InChI is InChI=1S/C54H67N7O11/c1-8-70-25-12-11-16-35(72-41(65)27-40(64)61-24-23-60-37-18-10-9-17-36(37)55-53(60)61)26-38(62)33(6)48(66)31(4)14-13-15-32(5)52(69)56-47-46-45(57-54(58-46)19-21-59(22-20-54)28-30(2)3)43-42-39(63)29-71-51(42)34(7)49(67)44(43)50(47)68/h9-10,12-15,17-18,25,30-31,33,35,38,48,58,62,66-67H,8,11,16,19-24,26-29H2,1-7H3,(H,56,69)/b14-13+,25-12+,32-15-/t31-,33-,35+,38-,48-/m0/s1. The van der Waals surface area contributed by atoms with E-state index in [2.05, 4.69) is 34.4 Å². The third-order valence-corrected chi connectivity index (χ3v) is 14.3. The lowest BCUT2D eigenvalue weighted by Gasteiger charge is -2.38. The molecule has 18 nitrogen and oxygen atoms in total. The number of allylic oxidation sites excluding steroid dienone is 5. The number of phenolic OH excluding ortho intramolecular Hbond substituents is 1. The van der Waals surface area contributed by atoms with Crippen molar-refractivity contribution in [3.63, 3.8) is 0 Å². The average molecular weight is 990 g/mol. The van der Waals surface area contributed by atoms with Crippen LogP contribution in [0.15, 0.2) is 76.8 Å². The highest BCUT2D eigenvalue weighted by Gasteiger charge is 2.49. The van der Waals surface area contributed by atoms with E-state index < -0.39 is 65.8 Å². The van der Waals surface area contributed by atoms with Crippen molar-refractivity contribution in [2.75, 3.05) is 44.3 Å². The Labute approximate surface area is 419 Å². The van der Waals surface area contributed by atoms with Crippen LogP contribution in [-0.2, 0) is 30.4 Å². The highest BCUT2D eigenvalue weighted by Crippen LogP contribution is 2.47. The number of carbonyl (C=O) groups is 5. The molecule has 4 aliphatic heterocycles.